The van der Waals surface area contributed by atoms with Crippen LogP contribution < -0.4 is 71.7 Å². The predicted octanol–water partition coefficient (Wildman–Crippen LogP) is -13.1. The zero-order valence-electron chi connectivity index (χ0n) is 13.1. The van der Waals surface area contributed by atoms with Gasteiger partial charge in [-0.1, -0.05) is 0 Å². The van der Waals surface area contributed by atoms with Crippen molar-refractivity contribution in [3.63, 3.8) is 0 Å². The maximum absolute atomic E-state index is 9.64. The monoisotopic (exact) mass is 316 g/mol. The Balaban J connectivity index is -0.0000000464. The van der Waals surface area contributed by atoms with Crippen molar-refractivity contribution in [3.05, 3.63) is 0 Å². The van der Waals surface area contributed by atoms with Gasteiger partial charge in [0, 0.05) is 0 Å². The van der Waals surface area contributed by atoms with E-state index in [2.05, 4.69) is 0 Å². The van der Waals surface area contributed by atoms with Crippen LogP contribution in [0.1, 0.15) is 25.7 Å². The molecule has 0 saturated carbocycles. The molecule has 0 fully saturated rings. The molecule has 0 saturated heterocycles. The first-order chi connectivity index (χ1) is 8.98. The minimum Gasteiger partial charge on any atom is -0.907 e. The van der Waals surface area contributed by atoms with Crippen molar-refractivity contribution in [2.24, 2.45) is 0 Å². The predicted molar refractivity (Wildman–Crippen MR) is 54.8 cm³/mol. The Morgan fingerprint density at radius 1 is 0.565 bits per heavy atom. The van der Waals surface area contributed by atoms with E-state index in [4.69, 9.17) is 35.5 Å². The molecule has 0 atom stereocenters. The van der Waals surface area contributed by atoms with Gasteiger partial charge in [0.15, 0.2) is 0 Å². The van der Waals surface area contributed by atoms with Crippen LogP contribution in [0.25, 0.3) is 0 Å². The maximum atomic E-state index is 9.64. The minimum absolute atomic E-state index is 0. The number of carbonyl (C=O) groups is 4. The molecule has 0 radical (unpaired) electrons. The minimum atomic E-state index is -2.92. The molecule has 15 heteroatoms. The van der Waals surface area contributed by atoms with E-state index in [1.807, 2.05) is 0 Å². The second-order valence-electron chi connectivity index (χ2n) is 2.86. The van der Waals surface area contributed by atoms with Crippen LogP contribution in [-0.4, -0.2) is 51.6 Å². The number of hydrogen-bond donors (Lipinski definition) is 4. The summed E-state index contributed by atoms with van der Waals surface area (Å²) in [6, 6.07) is 0. The average molecular weight is 316 g/mol. The van der Waals surface area contributed by atoms with E-state index in [9.17, 15) is 19.2 Å². The summed E-state index contributed by atoms with van der Waals surface area (Å²) in [6.45, 7) is 0. The van der Waals surface area contributed by atoms with Crippen LogP contribution in [-0.2, 0) is 19.2 Å². The van der Waals surface area contributed by atoms with Gasteiger partial charge in [-0.3, -0.25) is 26.5 Å². The Bertz CT molecular complexity index is 268. The van der Waals surface area contributed by atoms with Gasteiger partial charge in [0.05, 0.1) is 25.7 Å². The topological polar surface area (TPSA) is 218 Å². The third kappa shape index (κ3) is 89.9. The largest absolute Gasteiger partial charge is 1.00 e. The van der Waals surface area contributed by atoms with Crippen molar-refractivity contribution in [3.8, 4) is 0 Å². The van der Waals surface area contributed by atoms with Gasteiger partial charge in [-0.15, -0.1) is 0 Å². The molecule has 116 valence electrons. The Morgan fingerprint density at radius 3 is 0.696 bits per heavy atom. The number of rotatable bonds is 6. The fourth-order valence-electron chi connectivity index (χ4n) is 0.428. The Labute approximate surface area is 167 Å². The normalized spacial score (nSPS) is 7.09. The van der Waals surface area contributed by atoms with Gasteiger partial charge in [-0.2, -0.15) is 0 Å². The summed E-state index contributed by atoms with van der Waals surface area (Å²) >= 11 is 0. The second kappa shape index (κ2) is 26.5. The molecule has 0 spiro atoms. The van der Waals surface area contributed by atoms with Crippen LogP contribution >= 0.6 is 0 Å². The SMILES string of the molecule is O=C(O)CCC(=O)O.O=C(O)CCC(=O)O.[Li+].[Li+].[Li+].[O-]B([O-])[O-]. The van der Waals surface area contributed by atoms with Crippen molar-refractivity contribution < 1.29 is 111 Å². The van der Waals surface area contributed by atoms with Crippen molar-refractivity contribution in [1.29, 1.82) is 0 Å². The van der Waals surface area contributed by atoms with Crippen LogP contribution in [0, 0.1) is 0 Å². The van der Waals surface area contributed by atoms with Gasteiger partial charge in [0.2, 0.25) is 0 Å². The number of carboxylic acid groups (broad SMARTS) is 4. The zero-order chi connectivity index (χ0) is 16.7. The van der Waals surface area contributed by atoms with Gasteiger partial charge in [-0.05, 0) is 0 Å². The Kier molecular flexibility index (Phi) is 44.1. The zero-order valence-corrected chi connectivity index (χ0v) is 13.1. The van der Waals surface area contributed by atoms with Crippen molar-refractivity contribution in [2.75, 3.05) is 0 Å². The van der Waals surface area contributed by atoms with Gasteiger partial charge in [0.1, 0.15) is 0 Å². The smallest absolute Gasteiger partial charge is 0.907 e. The molecule has 0 aliphatic rings. The van der Waals surface area contributed by atoms with Crippen LogP contribution in [0.2, 0.25) is 0 Å². The fraction of sp³-hybridized carbons (Fsp3) is 0.500. The van der Waals surface area contributed by atoms with E-state index in [0.717, 1.165) is 0 Å². The van der Waals surface area contributed by atoms with E-state index >= 15 is 0 Å². The maximum Gasteiger partial charge on any atom is 1.00 e. The van der Waals surface area contributed by atoms with Crippen LogP contribution in [0.15, 0.2) is 0 Å². The molecular formula is C8H12BLi3O11. The number of hydrogen-bond acceptors (Lipinski definition) is 7. The summed E-state index contributed by atoms with van der Waals surface area (Å²) in [5.74, 6) is -4.31. The third-order valence-electron chi connectivity index (χ3n) is 1.11. The first-order valence-electron chi connectivity index (χ1n) is 4.83. The van der Waals surface area contributed by atoms with Gasteiger partial charge in [-0.25, -0.2) is 0 Å². The quantitative estimate of drug-likeness (QED) is 0.337. The van der Waals surface area contributed by atoms with Crippen molar-refractivity contribution in [1.82, 2.24) is 0 Å². The molecule has 0 aliphatic carbocycles. The number of aliphatic carboxylic acids is 4. The first-order valence-corrected chi connectivity index (χ1v) is 4.83. The van der Waals surface area contributed by atoms with Gasteiger partial charge < -0.3 is 35.5 Å². The van der Waals surface area contributed by atoms with Crippen molar-refractivity contribution in [2.45, 2.75) is 25.7 Å². The van der Waals surface area contributed by atoms with Gasteiger partial charge in [0.25, 0.3) is 0 Å². The molecular weight excluding hydrogens is 304 g/mol. The molecule has 0 bridgehead atoms. The fourth-order valence-corrected chi connectivity index (χ4v) is 0.428. The number of carboxylic acids is 4. The molecule has 4 N–H and O–H groups in total. The molecule has 0 rings (SSSR count). The molecule has 0 aromatic carbocycles. The molecule has 0 aromatic rings. The van der Waals surface area contributed by atoms with E-state index in [0.29, 0.717) is 0 Å². The van der Waals surface area contributed by atoms with Crippen LogP contribution in [0.3, 0.4) is 0 Å². The summed E-state index contributed by atoms with van der Waals surface area (Å²) in [5.41, 5.74) is 0. The molecule has 0 unspecified atom stereocenters. The third-order valence-corrected chi connectivity index (χ3v) is 1.11. The Hall–Kier alpha value is -0.383. The molecule has 0 amide bonds. The summed E-state index contributed by atoms with van der Waals surface area (Å²) in [5, 5.41) is 56.8. The Morgan fingerprint density at radius 2 is 0.652 bits per heavy atom. The molecule has 0 aliphatic heterocycles. The van der Waals surface area contributed by atoms with Gasteiger partial charge >= 0.3 is 80.5 Å². The summed E-state index contributed by atoms with van der Waals surface area (Å²) in [7, 11) is -2.92. The van der Waals surface area contributed by atoms with E-state index in [1.165, 1.54) is 0 Å². The second-order valence-corrected chi connectivity index (χ2v) is 2.86. The van der Waals surface area contributed by atoms with Crippen LogP contribution in [0.4, 0.5) is 0 Å². The summed E-state index contributed by atoms with van der Waals surface area (Å²) < 4.78 is 0. The standard InChI is InChI=1S/2C4H6O4.BO3.3Li/c2*5-3(6)1-2-4(7)8;2-1(3)4;;;/h2*1-2H2,(H,5,6)(H,7,8);;;;/q;;-3;3*+1. The average Bonchev–Trinajstić information content (AvgIpc) is 2.23. The molecule has 11 nitrogen and oxygen atoms in total. The van der Waals surface area contributed by atoms with E-state index in [1.54, 1.807) is 0 Å². The summed E-state index contributed by atoms with van der Waals surface area (Å²) in [4.78, 5) is 38.6. The molecule has 0 heterocycles. The van der Waals surface area contributed by atoms with E-state index in [-0.39, 0.29) is 82.3 Å². The van der Waals surface area contributed by atoms with E-state index < -0.39 is 31.2 Å². The van der Waals surface area contributed by atoms with Crippen LogP contribution in [0.5, 0.6) is 0 Å². The molecule has 23 heavy (non-hydrogen) atoms. The van der Waals surface area contributed by atoms with Crippen molar-refractivity contribution >= 4 is 31.2 Å². The molecule has 0 aromatic heterocycles. The summed E-state index contributed by atoms with van der Waals surface area (Å²) in [6.07, 6.45) is -1.19. The first kappa shape index (κ1) is 38.3.